The first-order valence-electron chi connectivity index (χ1n) is 31.2. The summed E-state index contributed by atoms with van der Waals surface area (Å²) in [6.07, 6.45) is 19.2. The van der Waals surface area contributed by atoms with E-state index in [0.29, 0.717) is 31.6 Å². The molecule has 0 unspecified atom stereocenters. The maximum Gasteiger partial charge on any atom is 0.410 e. The molecule has 10 aliphatic heterocycles. The van der Waals surface area contributed by atoms with Gasteiger partial charge in [0.15, 0.2) is 23.0 Å². The number of benzene rings is 4. The number of nitrogens with one attached hydrogen (secondary N) is 4. The molecule has 2 aromatic heterocycles. The molecule has 0 spiro atoms. The molecular weight excluding hydrogens is 1090 g/mol. The normalized spacial score (nSPS) is 22.0. The number of likely N-dealkylation sites (tertiary alicyclic amines) is 2. The van der Waals surface area contributed by atoms with Gasteiger partial charge in [-0.25, -0.2) is 19.6 Å². The molecule has 0 bridgehead atoms. The van der Waals surface area contributed by atoms with Gasteiger partial charge in [-0.15, -0.1) is 0 Å². The van der Waals surface area contributed by atoms with E-state index in [1.807, 2.05) is 65.0 Å². The quantitative estimate of drug-likeness (QED) is 0.113. The van der Waals surface area contributed by atoms with Gasteiger partial charge in [-0.2, -0.15) is 0 Å². The van der Waals surface area contributed by atoms with Crippen molar-refractivity contribution < 1.29 is 28.5 Å². The minimum absolute atomic E-state index is 0. The number of H-pyrrole nitrogens is 2. The highest BCUT2D eigenvalue weighted by atomic mass is 16.6. The number of carbonyl (C=O) groups is 2. The maximum atomic E-state index is 12.9. The number of anilines is 4. The molecule has 18 heteroatoms. The standard InChI is InChI=1S/C39H46N6O5.C29H30N6O.CH4/c1-38(2,3)49-36(46)44-14-7-9-29(44)27-18-26(21-40-27)23-11-12-32-31(19-23)43-16-13-24-17-25(20-33(48-32)34(24)43)28-22-41-35(42-28)30-10-8-15-45(30)37(47)50-39(4,5)6;1-3-21(30-8-1)23-12-20(15-32-23)17-5-6-26-25(13-17)35-10-7-18-11-19(14-27(36-26)28(18)35)24-16-33-29(34-24)22-4-2-9-31-22;/h11-12,17,19-22,29-30H,7-10,13-16,18H2,1-6H3,(H,41,42);5-6,11,13-16,21-22,30-31H,1-4,7-10,12H2,(H,33,34);1H4/t29-,30-;21-,22-;/m00./s1. The summed E-state index contributed by atoms with van der Waals surface area (Å²) in [4.78, 5) is 60.4. The number of allylic oxidation sites excluding steroid dienone is 2. The third-order valence-electron chi connectivity index (χ3n) is 18.4. The molecule has 4 N–H and O–H groups in total. The Morgan fingerprint density at radius 3 is 1.57 bits per heavy atom. The van der Waals surface area contributed by atoms with Crippen molar-refractivity contribution in [3.63, 3.8) is 0 Å². The third-order valence-corrected chi connectivity index (χ3v) is 18.4. The largest absolute Gasteiger partial charge is 0.453 e. The second kappa shape index (κ2) is 22.2. The van der Waals surface area contributed by atoms with Gasteiger partial charge < -0.3 is 49.3 Å². The Kier molecular flexibility index (Phi) is 14.4. The summed E-state index contributed by atoms with van der Waals surface area (Å²) < 4.78 is 24.5. The average molecular weight is 1170 g/mol. The molecule has 18 nitrogen and oxygen atoms in total. The summed E-state index contributed by atoms with van der Waals surface area (Å²) in [6, 6.07) is 22.4. The molecule has 10 aliphatic rings. The fourth-order valence-electron chi connectivity index (χ4n) is 14.3. The highest BCUT2D eigenvalue weighted by Gasteiger charge is 2.40. The molecule has 4 atom stereocenters. The van der Waals surface area contributed by atoms with Crippen molar-refractivity contribution >= 4 is 57.5 Å². The molecular formula is C69H80N12O6. The molecule has 0 aliphatic carbocycles. The van der Waals surface area contributed by atoms with E-state index < -0.39 is 11.2 Å². The number of aromatic amines is 2. The lowest BCUT2D eigenvalue weighted by molar-refractivity contribution is 0.0216. The highest BCUT2D eigenvalue weighted by Crippen LogP contribution is 2.55. The van der Waals surface area contributed by atoms with Gasteiger partial charge in [-0.3, -0.25) is 19.8 Å². The van der Waals surface area contributed by atoms with Gasteiger partial charge in [-0.1, -0.05) is 19.6 Å². The molecule has 2 amide bonds. The average Bonchev–Trinajstić information content (AvgIpc) is 1.90. The molecule has 16 rings (SSSR count). The van der Waals surface area contributed by atoms with Crippen LogP contribution in [0, 0.1) is 0 Å². The minimum Gasteiger partial charge on any atom is -0.453 e. The van der Waals surface area contributed by atoms with E-state index in [-0.39, 0.29) is 31.7 Å². The van der Waals surface area contributed by atoms with Gasteiger partial charge in [0.05, 0.1) is 64.7 Å². The van der Waals surface area contributed by atoms with E-state index >= 15 is 0 Å². The molecule has 4 saturated heterocycles. The molecule has 4 aromatic carbocycles. The maximum absolute atomic E-state index is 12.9. The fraction of sp³-hybridized carbons (Fsp3) is 0.449. The van der Waals surface area contributed by atoms with Gasteiger partial charge >= 0.3 is 12.2 Å². The van der Waals surface area contributed by atoms with Gasteiger partial charge in [0.25, 0.3) is 0 Å². The van der Waals surface area contributed by atoms with E-state index in [2.05, 4.69) is 102 Å². The first-order valence-corrected chi connectivity index (χ1v) is 31.2. The SMILES string of the molecule is C.C1=C(c2ccc3c(c2)N2CCc4cc(-c5cnc([C@@H]6CCCN6)[nH]5)cc(c42)O3)CC([C@@H]2CCCN2)=N1.CC(C)(C)OC(=O)N1CCC[C@H]1C1=NC=C(c2ccc3c(c2)N2CCc4cc(-c5cnc([C@@H]6CCCN6C(=O)OC(C)(C)C)[nH]5)cc(c42)O3)C1. The number of amides is 2. The van der Waals surface area contributed by atoms with Crippen LogP contribution >= 0.6 is 0 Å². The lowest BCUT2D eigenvalue weighted by Crippen LogP contribution is -2.43. The molecule has 12 heterocycles. The Hall–Kier alpha value is -8.22. The second-order valence-corrected chi connectivity index (χ2v) is 26.6. The van der Waals surface area contributed by atoms with Crippen LogP contribution in [0.15, 0.2) is 95.4 Å². The summed E-state index contributed by atoms with van der Waals surface area (Å²) in [5, 5.41) is 7.11. The van der Waals surface area contributed by atoms with Crippen LogP contribution < -0.4 is 29.9 Å². The van der Waals surface area contributed by atoms with Crippen LogP contribution in [0.3, 0.4) is 0 Å². The van der Waals surface area contributed by atoms with Crippen molar-refractivity contribution in [2.24, 2.45) is 9.98 Å². The number of ether oxygens (including phenoxy) is 4. The molecule has 87 heavy (non-hydrogen) atoms. The number of aliphatic imine (C=N–C) groups is 2. The minimum atomic E-state index is -0.549. The van der Waals surface area contributed by atoms with Gasteiger partial charge in [0.1, 0.15) is 22.9 Å². The van der Waals surface area contributed by atoms with Crippen molar-refractivity contribution in [1.82, 2.24) is 40.4 Å². The fourth-order valence-corrected chi connectivity index (χ4v) is 14.3. The second-order valence-electron chi connectivity index (χ2n) is 26.6. The Labute approximate surface area is 509 Å². The van der Waals surface area contributed by atoms with Gasteiger partial charge in [0.2, 0.25) is 0 Å². The number of hydrogen-bond donors (Lipinski definition) is 4. The van der Waals surface area contributed by atoms with Crippen LogP contribution in [0.5, 0.6) is 23.0 Å². The van der Waals surface area contributed by atoms with Crippen LogP contribution in [0.2, 0.25) is 0 Å². The van der Waals surface area contributed by atoms with Crippen LogP contribution in [-0.2, 0) is 22.3 Å². The lowest BCUT2D eigenvalue weighted by atomic mass is 9.97. The number of aromatic nitrogens is 4. The molecule has 452 valence electrons. The first-order chi connectivity index (χ1) is 41.6. The topological polar surface area (TPSA) is 190 Å². The monoisotopic (exact) mass is 1170 g/mol. The zero-order chi connectivity index (χ0) is 58.6. The summed E-state index contributed by atoms with van der Waals surface area (Å²) in [5.74, 6) is 5.33. The molecule has 6 aromatic rings. The number of imidazole rings is 2. The zero-order valence-corrected chi connectivity index (χ0v) is 50.1. The Balaban J connectivity index is 0.000000159. The Morgan fingerprint density at radius 2 is 1.03 bits per heavy atom. The van der Waals surface area contributed by atoms with Crippen LogP contribution in [0.25, 0.3) is 33.7 Å². The number of fused-ring (bicyclic) bond motifs is 4. The highest BCUT2D eigenvalue weighted by molar-refractivity contribution is 6.04. The first kappa shape index (κ1) is 56.6. The summed E-state index contributed by atoms with van der Waals surface area (Å²) >= 11 is 0. The van der Waals surface area contributed by atoms with Crippen molar-refractivity contribution in [2.45, 2.75) is 161 Å². The number of carbonyl (C=O) groups excluding carboxylic acids is 2. The van der Waals surface area contributed by atoms with Crippen molar-refractivity contribution in [2.75, 3.05) is 49.1 Å². The predicted molar refractivity (Wildman–Crippen MR) is 341 cm³/mol. The van der Waals surface area contributed by atoms with Gasteiger partial charge in [-0.05, 0) is 201 Å². The third kappa shape index (κ3) is 10.8. The number of hydrogen-bond acceptors (Lipinski definition) is 14. The van der Waals surface area contributed by atoms with E-state index in [4.69, 9.17) is 33.9 Å². The summed E-state index contributed by atoms with van der Waals surface area (Å²) in [6.45, 7) is 16.7. The number of nitrogens with zero attached hydrogens (tertiary/aromatic N) is 8. The van der Waals surface area contributed by atoms with Crippen molar-refractivity contribution in [1.29, 1.82) is 0 Å². The van der Waals surface area contributed by atoms with E-state index in [0.717, 1.165) is 169 Å². The van der Waals surface area contributed by atoms with E-state index in [9.17, 15) is 9.59 Å². The molecule has 4 fully saturated rings. The van der Waals surface area contributed by atoms with E-state index in [1.54, 1.807) is 4.90 Å². The molecule has 0 radical (unpaired) electrons. The van der Waals surface area contributed by atoms with E-state index in [1.165, 1.54) is 52.9 Å². The lowest BCUT2D eigenvalue weighted by Gasteiger charge is -2.30. The Morgan fingerprint density at radius 1 is 0.540 bits per heavy atom. The molecule has 0 saturated carbocycles. The summed E-state index contributed by atoms with van der Waals surface area (Å²) in [7, 11) is 0. The predicted octanol–water partition coefficient (Wildman–Crippen LogP) is 14.4. The van der Waals surface area contributed by atoms with Crippen molar-refractivity contribution in [3.8, 4) is 45.5 Å². The smallest absolute Gasteiger partial charge is 0.410 e. The van der Waals surface area contributed by atoms with Crippen molar-refractivity contribution in [3.05, 3.63) is 119 Å². The van der Waals surface area contributed by atoms with Gasteiger partial charge in [0, 0.05) is 80.0 Å². The number of rotatable bonds is 8. The zero-order valence-electron chi connectivity index (χ0n) is 50.1. The summed E-state index contributed by atoms with van der Waals surface area (Å²) in [5.41, 5.74) is 17.2. The Bertz CT molecular complexity index is 3850. The van der Waals surface area contributed by atoms with Crippen LogP contribution in [0.1, 0.15) is 159 Å². The van der Waals surface area contributed by atoms with Crippen LogP contribution in [-0.4, -0.2) is 116 Å². The van der Waals surface area contributed by atoms with Crippen LogP contribution in [0.4, 0.5) is 32.3 Å².